The van der Waals surface area contributed by atoms with Crippen molar-refractivity contribution in [2.24, 2.45) is 0 Å². The monoisotopic (exact) mass is 285 g/mol. The fraction of sp³-hybridized carbons (Fsp3) is 0.125. The second-order valence-corrected chi connectivity index (χ2v) is 4.33. The first-order valence-corrected chi connectivity index (χ1v) is 5.90. The number of nitrogen functional groups attached to an aromatic ring is 1. The molecule has 0 aromatic carbocycles. The SMILES string of the molecule is CNc1nc(Cl)nc(Sc2nc(N)cc(=O)[nH]2)n1. The van der Waals surface area contributed by atoms with E-state index < -0.39 is 0 Å². The molecule has 8 nitrogen and oxygen atoms in total. The first kappa shape index (κ1) is 12.6. The second kappa shape index (κ2) is 5.19. The Kier molecular flexibility index (Phi) is 3.63. The molecule has 10 heteroatoms. The Morgan fingerprint density at radius 2 is 2.17 bits per heavy atom. The molecule has 0 unspecified atom stereocenters. The number of anilines is 2. The average Bonchev–Trinajstić information content (AvgIpc) is 2.26. The molecule has 2 aromatic heterocycles. The van der Waals surface area contributed by atoms with E-state index in [9.17, 15) is 4.79 Å². The van der Waals surface area contributed by atoms with Gasteiger partial charge in [0.1, 0.15) is 5.82 Å². The lowest BCUT2D eigenvalue weighted by atomic mass is 10.6. The zero-order chi connectivity index (χ0) is 13.1. The third kappa shape index (κ3) is 3.08. The minimum absolute atomic E-state index is 0.0445. The van der Waals surface area contributed by atoms with Gasteiger partial charge in [0.15, 0.2) is 5.16 Å². The van der Waals surface area contributed by atoms with Crippen molar-refractivity contribution in [1.82, 2.24) is 24.9 Å². The van der Waals surface area contributed by atoms with Gasteiger partial charge in [-0.05, 0) is 23.4 Å². The molecule has 0 bridgehead atoms. The summed E-state index contributed by atoms with van der Waals surface area (Å²) in [6, 6.07) is 1.18. The molecule has 0 amide bonds. The number of aromatic amines is 1. The van der Waals surface area contributed by atoms with Gasteiger partial charge in [-0.3, -0.25) is 4.79 Å². The molecule has 2 heterocycles. The van der Waals surface area contributed by atoms with Gasteiger partial charge in [-0.1, -0.05) is 0 Å². The van der Waals surface area contributed by atoms with Gasteiger partial charge in [0, 0.05) is 13.1 Å². The molecule has 0 radical (unpaired) electrons. The molecule has 2 aromatic rings. The van der Waals surface area contributed by atoms with Gasteiger partial charge in [-0.15, -0.1) is 0 Å². The van der Waals surface area contributed by atoms with Crippen LogP contribution in [0.25, 0.3) is 0 Å². The highest BCUT2D eigenvalue weighted by Crippen LogP contribution is 2.22. The molecule has 0 spiro atoms. The minimum Gasteiger partial charge on any atom is -0.383 e. The summed E-state index contributed by atoms with van der Waals surface area (Å²) in [5.41, 5.74) is 5.11. The van der Waals surface area contributed by atoms with Gasteiger partial charge in [0.05, 0.1) is 0 Å². The number of H-pyrrole nitrogens is 1. The maximum atomic E-state index is 11.2. The van der Waals surface area contributed by atoms with Crippen molar-refractivity contribution in [3.63, 3.8) is 0 Å². The van der Waals surface area contributed by atoms with Crippen LogP contribution in [0, 0.1) is 0 Å². The van der Waals surface area contributed by atoms with E-state index in [0.29, 0.717) is 11.1 Å². The number of nitrogens with two attached hydrogens (primary N) is 1. The Morgan fingerprint density at radius 3 is 2.83 bits per heavy atom. The van der Waals surface area contributed by atoms with E-state index >= 15 is 0 Å². The lowest BCUT2D eigenvalue weighted by Crippen LogP contribution is -2.09. The number of rotatable bonds is 3. The van der Waals surface area contributed by atoms with Crippen LogP contribution in [0.15, 0.2) is 21.2 Å². The summed E-state index contributed by atoms with van der Waals surface area (Å²) in [6.45, 7) is 0. The standard InChI is InChI=1S/C8H8ClN7OS/c1-11-6-14-5(9)15-8(16-6)18-7-12-3(10)2-4(17)13-7/h2H,1H3,(H3,10,12,13,17)(H,11,14,15,16). The first-order valence-electron chi connectivity index (χ1n) is 4.71. The summed E-state index contributed by atoms with van der Waals surface area (Å²) < 4.78 is 0. The van der Waals surface area contributed by atoms with Gasteiger partial charge in [-0.2, -0.15) is 15.0 Å². The fourth-order valence-corrected chi connectivity index (χ4v) is 2.03. The van der Waals surface area contributed by atoms with Crippen molar-refractivity contribution >= 4 is 35.1 Å². The van der Waals surface area contributed by atoms with Crippen molar-refractivity contribution in [2.45, 2.75) is 10.3 Å². The molecular weight excluding hydrogens is 278 g/mol. The predicted octanol–water partition coefficient (Wildman–Crippen LogP) is 0.383. The Bertz CT molecular complexity index is 631. The van der Waals surface area contributed by atoms with E-state index in [1.165, 1.54) is 6.07 Å². The van der Waals surface area contributed by atoms with Gasteiger partial charge in [-0.25, -0.2) is 4.98 Å². The van der Waals surface area contributed by atoms with Gasteiger partial charge in [0.25, 0.3) is 5.56 Å². The Morgan fingerprint density at radius 1 is 1.39 bits per heavy atom. The molecule has 0 saturated carbocycles. The maximum absolute atomic E-state index is 11.2. The molecular formula is C8H8ClN7OS. The molecule has 4 N–H and O–H groups in total. The largest absolute Gasteiger partial charge is 0.383 e. The highest BCUT2D eigenvalue weighted by atomic mass is 35.5. The molecule has 0 saturated heterocycles. The van der Waals surface area contributed by atoms with Crippen molar-refractivity contribution in [1.29, 1.82) is 0 Å². The second-order valence-electron chi connectivity index (χ2n) is 3.04. The Labute approximate surface area is 110 Å². The van der Waals surface area contributed by atoms with E-state index in [1.807, 2.05) is 0 Å². The number of nitrogens with one attached hydrogen (secondary N) is 2. The van der Waals surface area contributed by atoms with Crippen LogP contribution >= 0.6 is 23.4 Å². The minimum atomic E-state index is -0.348. The zero-order valence-corrected chi connectivity index (χ0v) is 10.7. The smallest absolute Gasteiger partial charge is 0.253 e. The van der Waals surface area contributed by atoms with Gasteiger partial charge < -0.3 is 16.0 Å². The van der Waals surface area contributed by atoms with Gasteiger partial charge in [0.2, 0.25) is 16.4 Å². The summed E-state index contributed by atoms with van der Waals surface area (Å²) in [5.74, 6) is 0.444. The highest BCUT2D eigenvalue weighted by Gasteiger charge is 2.08. The maximum Gasteiger partial charge on any atom is 0.253 e. The Balaban J connectivity index is 2.33. The summed E-state index contributed by atoms with van der Waals surface area (Å²) in [4.78, 5) is 29.4. The van der Waals surface area contributed by atoms with Crippen LogP contribution in [0.4, 0.5) is 11.8 Å². The average molecular weight is 286 g/mol. The first-order chi connectivity index (χ1) is 8.56. The van der Waals surface area contributed by atoms with Crippen molar-refractivity contribution in [3.05, 3.63) is 21.7 Å². The fourth-order valence-electron chi connectivity index (χ4n) is 1.08. The molecule has 18 heavy (non-hydrogen) atoms. The number of nitrogens with zero attached hydrogens (tertiary/aromatic N) is 4. The van der Waals surface area contributed by atoms with Crippen LogP contribution in [0.1, 0.15) is 0 Å². The lowest BCUT2D eigenvalue weighted by Gasteiger charge is -2.02. The van der Waals surface area contributed by atoms with Crippen molar-refractivity contribution < 1.29 is 0 Å². The van der Waals surface area contributed by atoms with E-state index in [0.717, 1.165) is 11.8 Å². The lowest BCUT2D eigenvalue weighted by molar-refractivity contribution is 0.888. The zero-order valence-electron chi connectivity index (χ0n) is 9.14. The number of hydrogen-bond acceptors (Lipinski definition) is 8. The molecule has 0 aliphatic rings. The highest BCUT2D eigenvalue weighted by molar-refractivity contribution is 7.99. The summed E-state index contributed by atoms with van der Waals surface area (Å²) >= 11 is 6.75. The summed E-state index contributed by atoms with van der Waals surface area (Å²) in [5, 5.41) is 3.37. The predicted molar refractivity (Wildman–Crippen MR) is 67.8 cm³/mol. The van der Waals surface area contributed by atoms with Crippen LogP contribution in [0.5, 0.6) is 0 Å². The van der Waals surface area contributed by atoms with E-state index in [4.69, 9.17) is 17.3 Å². The van der Waals surface area contributed by atoms with Crippen LogP contribution in [-0.2, 0) is 0 Å². The molecule has 0 fully saturated rings. The van der Waals surface area contributed by atoms with Crippen LogP contribution in [0.2, 0.25) is 5.28 Å². The quantitative estimate of drug-likeness (QED) is 0.692. The molecule has 2 rings (SSSR count). The Hall–Kier alpha value is -1.87. The topological polar surface area (TPSA) is 122 Å². The number of aromatic nitrogens is 5. The van der Waals surface area contributed by atoms with Crippen LogP contribution in [0.3, 0.4) is 0 Å². The number of halogens is 1. The van der Waals surface area contributed by atoms with Crippen LogP contribution < -0.4 is 16.6 Å². The third-order valence-corrected chi connectivity index (χ3v) is 2.66. The molecule has 0 atom stereocenters. The van der Waals surface area contributed by atoms with E-state index in [2.05, 4.69) is 30.2 Å². The van der Waals surface area contributed by atoms with Gasteiger partial charge >= 0.3 is 0 Å². The molecule has 94 valence electrons. The third-order valence-electron chi connectivity index (χ3n) is 1.74. The van der Waals surface area contributed by atoms with E-state index in [-0.39, 0.29) is 21.8 Å². The van der Waals surface area contributed by atoms with Crippen LogP contribution in [-0.4, -0.2) is 32.0 Å². The molecule has 0 aliphatic heterocycles. The summed E-state index contributed by atoms with van der Waals surface area (Å²) in [7, 11) is 1.65. The molecule has 0 aliphatic carbocycles. The summed E-state index contributed by atoms with van der Waals surface area (Å²) in [6.07, 6.45) is 0. The van der Waals surface area contributed by atoms with Crippen molar-refractivity contribution in [3.8, 4) is 0 Å². The normalized spacial score (nSPS) is 10.3. The van der Waals surface area contributed by atoms with Crippen molar-refractivity contribution in [2.75, 3.05) is 18.1 Å². The van der Waals surface area contributed by atoms with E-state index in [1.54, 1.807) is 7.05 Å². The number of hydrogen-bond donors (Lipinski definition) is 3.